The van der Waals surface area contributed by atoms with Crippen LogP contribution in [0.5, 0.6) is 0 Å². The molecule has 0 radical (unpaired) electrons. The van der Waals surface area contributed by atoms with Crippen LogP contribution in [0.25, 0.3) is 0 Å². The van der Waals surface area contributed by atoms with Gasteiger partial charge in [0.15, 0.2) is 0 Å². The minimum Gasteiger partial charge on any atom is -0.401 e. The zero-order chi connectivity index (χ0) is 16.1. The molecule has 1 aromatic rings. The van der Waals surface area contributed by atoms with E-state index in [4.69, 9.17) is 32.5 Å². The van der Waals surface area contributed by atoms with E-state index in [2.05, 4.69) is 25.2 Å². The van der Waals surface area contributed by atoms with E-state index in [9.17, 15) is 0 Å². The van der Waals surface area contributed by atoms with Crippen molar-refractivity contribution in [1.29, 1.82) is 0 Å². The zero-order valence-electron chi connectivity index (χ0n) is 13.5. The monoisotopic (exact) mass is 344 g/mol. The van der Waals surface area contributed by atoms with E-state index in [1.54, 1.807) is 0 Å². The van der Waals surface area contributed by atoms with Gasteiger partial charge in [0.1, 0.15) is 11.9 Å². The molecule has 21 heavy (non-hydrogen) atoms. The Hall–Kier alpha value is 0.00182. The summed E-state index contributed by atoms with van der Waals surface area (Å²) in [6.07, 6.45) is 0. The van der Waals surface area contributed by atoms with Crippen LogP contribution in [0, 0.1) is 0 Å². The third kappa shape index (κ3) is 2.81. The van der Waals surface area contributed by atoms with Crippen LogP contribution in [0.1, 0.15) is 27.7 Å². The summed E-state index contributed by atoms with van der Waals surface area (Å²) in [6, 6.07) is 10.2. The Balaban J connectivity index is 2.35. The molecule has 0 atom stereocenters. The van der Waals surface area contributed by atoms with Crippen molar-refractivity contribution in [3.8, 4) is 0 Å². The second-order valence-corrected chi connectivity index (χ2v) is 13.8. The van der Waals surface area contributed by atoms with Crippen molar-refractivity contribution in [2.45, 2.75) is 55.8 Å². The minimum absolute atomic E-state index is 0.437. The Bertz CT molecular complexity index is 502. The lowest BCUT2D eigenvalue weighted by Gasteiger charge is -2.37. The third-order valence-electron chi connectivity index (χ3n) is 4.88. The van der Waals surface area contributed by atoms with Crippen LogP contribution in [0.3, 0.4) is 0 Å². The van der Waals surface area contributed by atoms with Gasteiger partial charge in [0.05, 0.1) is 11.2 Å². The molecule has 1 fully saturated rings. The van der Waals surface area contributed by atoms with E-state index in [0.29, 0.717) is 0 Å². The highest BCUT2D eigenvalue weighted by Crippen LogP contribution is 2.46. The van der Waals surface area contributed by atoms with Gasteiger partial charge in [0.25, 0.3) is 0 Å². The summed E-state index contributed by atoms with van der Waals surface area (Å²) in [5, 5.41) is 1.18. The van der Waals surface area contributed by atoms with Crippen molar-refractivity contribution in [1.82, 2.24) is 0 Å². The maximum Gasteiger partial charge on any atom is 0.493 e. The predicted molar refractivity (Wildman–Crippen MR) is 94.1 cm³/mol. The van der Waals surface area contributed by atoms with Crippen LogP contribution in [-0.2, 0) is 9.31 Å². The first-order valence-electron chi connectivity index (χ1n) is 7.21. The van der Waals surface area contributed by atoms with Crippen molar-refractivity contribution >= 4 is 43.6 Å². The SMILES string of the molecule is CC1(C)OB(C(Cl)(Cl)[Si](C)(C)c2ccccc2)OC1(C)C. The molecule has 2 rings (SSSR count). The molecule has 0 N–H and O–H groups in total. The van der Waals surface area contributed by atoms with Crippen LogP contribution in [0.4, 0.5) is 0 Å². The molecule has 1 aromatic carbocycles. The van der Waals surface area contributed by atoms with E-state index in [1.165, 1.54) is 5.19 Å². The van der Waals surface area contributed by atoms with Gasteiger partial charge in [-0.1, -0.05) is 48.6 Å². The molecule has 0 bridgehead atoms. The summed E-state index contributed by atoms with van der Waals surface area (Å²) in [6.45, 7) is 12.3. The Kier molecular flexibility index (Phi) is 4.36. The summed E-state index contributed by atoms with van der Waals surface area (Å²) in [7, 11) is -2.85. The predicted octanol–water partition coefficient (Wildman–Crippen LogP) is 3.95. The van der Waals surface area contributed by atoms with Crippen molar-refractivity contribution in [3.63, 3.8) is 0 Å². The molecule has 116 valence electrons. The van der Waals surface area contributed by atoms with Gasteiger partial charge >= 0.3 is 7.12 Å². The van der Waals surface area contributed by atoms with Gasteiger partial charge in [-0.3, -0.25) is 0 Å². The molecule has 6 heteroatoms. The first-order chi connectivity index (χ1) is 9.42. The van der Waals surface area contributed by atoms with Gasteiger partial charge in [-0.2, -0.15) is 0 Å². The van der Waals surface area contributed by atoms with Gasteiger partial charge in [0.2, 0.25) is 0 Å². The highest BCUT2D eigenvalue weighted by molar-refractivity contribution is 7.13. The number of benzene rings is 1. The molecule has 0 amide bonds. The lowest BCUT2D eigenvalue weighted by Crippen LogP contribution is -2.64. The fourth-order valence-electron chi connectivity index (χ4n) is 2.33. The minimum atomic E-state index is -2.22. The number of halogens is 2. The van der Waals surface area contributed by atoms with Crippen molar-refractivity contribution < 1.29 is 9.31 Å². The smallest absolute Gasteiger partial charge is 0.401 e. The van der Waals surface area contributed by atoms with E-state index in [1.807, 2.05) is 45.9 Å². The number of hydrogen-bond donors (Lipinski definition) is 0. The highest BCUT2D eigenvalue weighted by Gasteiger charge is 2.64. The zero-order valence-corrected chi connectivity index (χ0v) is 16.0. The van der Waals surface area contributed by atoms with Crippen LogP contribution < -0.4 is 5.19 Å². The molecule has 0 spiro atoms. The Labute approximate surface area is 139 Å². The maximum absolute atomic E-state index is 6.80. The summed E-state index contributed by atoms with van der Waals surface area (Å²) >= 11 is 13.6. The molecular formula is C15H23BCl2O2Si. The lowest BCUT2D eigenvalue weighted by atomic mass is 9.90. The summed E-state index contributed by atoms with van der Waals surface area (Å²) in [4.78, 5) is 0. The first-order valence-corrected chi connectivity index (χ1v) is 11.0. The quantitative estimate of drug-likeness (QED) is 0.610. The molecule has 2 nitrogen and oxygen atoms in total. The summed E-state index contributed by atoms with van der Waals surface area (Å²) < 4.78 is 11.1. The van der Waals surface area contributed by atoms with Crippen LogP contribution in [0.2, 0.25) is 13.1 Å². The summed E-state index contributed by atoms with van der Waals surface area (Å²) in [5.41, 5.74) is -0.873. The van der Waals surface area contributed by atoms with Crippen LogP contribution >= 0.6 is 23.2 Å². The molecule has 0 aliphatic carbocycles. The van der Waals surface area contributed by atoms with Crippen LogP contribution in [0.15, 0.2) is 30.3 Å². The maximum atomic E-state index is 6.80. The average molecular weight is 345 g/mol. The Morgan fingerprint density at radius 2 is 1.38 bits per heavy atom. The molecular weight excluding hydrogens is 322 g/mol. The lowest BCUT2D eigenvalue weighted by molar-refractivity contribution is 0.00578. The van der Waals surface area contributed by atoms with Crippen molar-refractivity contribution in [2.24, 2.45) is 0 Å². The van der Waals surface area contributed by atoms with E-state index < -0.39 is 30.3 Å². The molecule has 1 heterocycles. The molecule has 1 aliphatic heterocycles. The third-order valence-corrected chi connectivity index (χ3v) is 11.7. The average Bonchev–Trinajstić information content (AvgIpc) is 2.60. The fourth-order valence-corrected chi connectivity index (χ4v) is 5.28. The van der Waals surface area contributed by atoms with Gasteiger partial charge in [-0.25, -0.2) is 0 Å². The number of rotatable bonds is 3. The second-order valence-electron chi connectivity index (χ2n) is 7.20. The largest absolute Gasteiger partial charge is 0.493 e. The van der Waals surface area contributed by atoms with E-state index in [0.717, 1.165) is 0 Å². The first kappa shape index (κ1) is 17.4. The number of alkyl halides is 2. The van der Waals surface area contributed by atoms with Gasteiger partial charge in [0, 0.05) is 0 Å². The van der Waals surface area contributed by atoms with Gasteiger partial charge < -0.3 is 9.31 Å². The van der Waals surface area contributed by atoms with Gasteiger partial charge in [-0.15, -0.1) is 23.2 Å². The Morgan fingerprint density at radius 3 is 1.81 bits per heavy atom. The molecule has 0 aromatic heterocycles. The normalized spacial score (nSPS) is 21.6. The Morgan fingerprint density at radius 1 is 0.952 bits per heavy atom. The molecule has 0 saturated carbocycles. The van der Waals surface area contributed by atoms with Crippen molar-refractivity contribution in [2.75, 3.05) is 0 Å². The molecule has 0 unspecified atom stereocenters. The highest BCUT2D eigenvalue weighted by atomic mass is 35.5. The van der Waals surface area contributed by atoms with Gasteiger partial charge in [-0.05, 0) is 27.7 Å². The standard InChI is InChI=1S/C15H23BCl2O2Si/c1-13(2)14(3,4)20-16(19-13)15(17,18)21(5,6)12-10-8-7-9-11-12/h7-11H,1-6H3. The molecule has 1 aliphatic rings. The second kappa shape index (κ2) is 5.27. The van der Waals surface area contributed by atoms with E-state index in [-0.39, 0.29) is 0 Å². The summed E-state index contributed by atoms with van der Waals surface area (Å²) in [5.74, 6) is 0. The topological polar surface area (TPSA) is 18.5 Å². The fraction of sp³-hybridized carbons (Fsp3) is 0.600. The number of hydrogen-bond acceptors (Lipinski definition) is 2. The van der Waals surface area contributed by atoms with E-state index >= 15 is 0 Å². The van der Waals surface area contributed by atoms with Crippen LogP contribution in [-0.4, -0.2) is 30.3 Å². The molecule has 1 saturated heterocycles. The van der Waals surface area contributed by atoms with Crippen molar-refractivity contribution in [3.05, 3.63) is 30.3 Å².